The standard InChI is InChI=1S/C15H8F3NO/c16-15(17,18)12-6-5-10(8-19)14(7-12)13-4-2-1-3-11(13)9-20/h1-7,9H. The number of halogens is 3. The molecule has 0 aromatic heterocycles. The molecule has 0 saturated carbocycles. The van der Waals surface area contributed by atoms with Crippen LogP contribution in [0.3, 0.4) is 0 Å². The van der Waals surface area contributed by atoms with E-state index in [9.17, 15) is 18.0 Å². The van der Waals surface area contributed by atoms with Crippen LogP contribution in [0.25, 0.3) is 11.1 Å². The summed E-state index contributed by atoms with van der Waals surface area (Å²) in [6, 6.07) is 10.9. The van der Waals surface area contributed by atoms with E-state index in [0.717, 1.165) is 18.2 Å². The molecule has 0 amide bonds. The van der Waals surface area contributed by atoms with Crippen molar-refractivity contribution in [1.82, 2.24) is 0 Å². The molecule has 0 aliphatic carbocycles. The van der Waals surface area contributed by atoms with Crippen molar-refractivity contribution in [2.45, 2.75) is 6.18 Å². The zero-order valence-electron chi connectivity index (χ0n) is 10.1. The number of alkyl halides is 3. The predicted molar refractivity (Wildman–Crippen MR) is 67.0 cm³/mol. The molecule has 0 heterocycles. The molecule has 2 nitrogen and oxygen atoms in total. The first-order chi connectivity index (χ1) is 9.47. The third-order valence-corrected chi connectivity index (χ3v) is 2.85. The SMILES string of the molecule is N#Cc1ccc(C(F)(F)F)cc1-c1ccccc1C=O. The number of carbonyl (C=O) groups is 1. The number of benzene rings is 2. The monoisotopic (exact) mass is 275 g/mol. The van der Waals surface area contributed by atoms with Gasteiger partial charge in [0.1, 0.15) is 0 Å². The first-order valence-electron chi connectivity index (χ1n) is 5.63. The number of hydrogen-bond acceptors (Lipinski definition) is 2. The van der Waals surface area contributed by atoms with Gasteiger partial charge >= 0.3 is 6.18 Å². The lowest BCUT2D eigenvalue weighted by Gasteiger charge is -2.11. The molecule has 0 bridgehead atoms. The van der Waals surface area contributed by atoms with E-state index in [1.807, 2.05) is 6.07 Å². The van der Waals surface area contributed by atoms with Gasteiger partial charge in [-0.1, -0.05) is 24.3 Å². The van der Waals surface area contributed by atoms with Gasteiger partial charge in [0.25, 0.3) is 0 Å². The Morgan fingerprint density at radius 1 is 1.05 bits per heavy atom. The van der Waals surface area contributed by atoms with Crippen LogP contribution in [0, 0.1) is 11.3 Å². The molecule has 2 aromatic carbocycles. The van der Waals surface area contributed by atoms with E-state index in [0.29, 0.717) is 11.8 Å². The molecule has 0 spiro atoms. The van der Waals surface area contributed by atoms with Crippen LogP contribution in [0.15, 0.2) is 42.5 Å². The van der Waals surface area contributed by atoms with Crippen molar-refractivity contribution in [1.29, 1.82) is 5.26 Å². The highest BCUT2D eigenvalue weighted by Gasteiger charge is 2.31. The van der Waals surface area contributed by atoms with Crippen molar-refractivity contribution in [2.75, 3.05) is 0 Å². The Morgan fingerprint density at radius 3 is 2.35 bits per heavy atom. The Balaban J connectivity index is 2.72. The van der Waals surface area contributed by atoms with Gasteiger partial charge in [-0.15, -0.1) is 0 Å². The number of nitriles is 1. The molecule has 0 radical (unpaired) electrons. The van der Waals surface area contributed by atoms with Gasteiger partial charge < -0.3 is 0 Å². The maximum Gasteiger partial charge on any atom is 0.416 e. The highest BCUT2D eigenvalue weighted by Crippen LogP contribution is 2.34. The molecule has 0 N–H and O–H groups in total. The summed E-state index contributed by atoms with van der Waals surface area (Å²) in [6.45, 7) is 0. The molecule has 0 fully saturated rings. The zero-order valence-corrected chi connectivity index (χ0v) is 10.1. The molecule has 100 valence electrons. The molecule has 0 unspecified atom stereocenters. The van der Waals surface area contributed by atoms with Gasteiger partial charge in [-0.2, -0.15) is 18.4 Å². The molecule has 5 heteroatoms. The molecule has 0 aliphatic heterocycles. The van der Waals surface area contributed by atoms with Crippen LogP contribution in [0.4, 0.5) is 13.2 Å². The normalized spacial score (nSPS) is 10.9. The summed E-state index contributed by atoms with van der Waals surface area (Å²) in [4.78, 5) is 11.0. The van der Waals surface area contributed by atoms with E-state index in [-0.39, 0.29) is 16.7 Å². The molecule has 20 heavy (non-hydrogen) atoms. The second-order valence-corrected chi connectivity index (χ2v) is 4.08. The summed E-state index contributed by atoms with van der Waals surface area (Å²) in [5, 5.41) is 9.02. The van der Waals surface area contributed by atoms with Crippen LogP contribution in [0.5, 0.6) is 0 Å². The summed E-state index contributed by atoms with van der Waals surface area (Å²) in [6.07, 6.45) is -3.95. The topological polar surface area (TPSA) is 40.9 Å². The molecule has 2 rings (SSSR count). The highest BCUT2D eigenvalue weighted by molar-refractivity contribution is 5.89. The van der Waals surface area contributed by atoms with Crippen LogP contribution in [-0.2, 0) is 6.18 Å². The van der Waals surface area contributed by atoms with E-state index in [4.69, 9.17) is 5.26 Å². The summed E-state index contributed by atoms with van der Waals surface area (Å²) in [5.74, 6) is 0. The number of carbonyl (C=O) groups excluding carboxylic acids is 1. The van der Waals surface area contributed by atoms with Crippen molar-refractivity contribution in [3.63, 3.8) is 0 Å². The summed E-state index contributed by atoms with van der Waals surface area (Å²) in [5.41, 5.74) is -0.113. The average Bonchev–Trinajstić information content (AvgIpc) is 2.45. The first kappa shape index (κ1) is 13.8. The Morgan fingerprint density at radius 2 is 1.75 bits per heavy atom. The number of hydrogen-bond donors (Lipinski definition) is 0. The Labute approximate surface area is 113 Å². The van der Waals surface area contributed by atoms with Gasteiger partial charge in [0.2, 0.25) is 0 Å². The van der Waals surface area contributed by atoms with Gasteiger partial charge in [0.05, 0.1) is 17.2 Å². The molecule has 0 aliphatic rings. The first-order valence-corrected chi connectivity index (χ1v) is 5.63. The van der Waals surface area contributed by atoms with Crippen LogP contribution in [0.2, 0.25) is 0 Å². The fraction of sp³-hybridized carbons (Fsp3) is 0.0667. The van der Waals surface area contributed by atoms with Crippen LogP contribution in [0.1, 0.15) is 21.5 Å². The molecule has 2 aromatic rings. The van der Waals surface area contributed by atoms with Crippen LogP contribution >= 0.6 is 0 Å². The van der Waals surface area contributed by atoms with E-state index >= 15 is 0 Å². The second kappa shape index (κ2) is 5.17. The van der Waals surface area contributed by atoms with Crippen LogP contribution in [-0.4, -0.2) is 6.29 Å². The quantitative estimate of drug-likeness (QED) is 0.775. The van der Waals surface area contributed by atoms with Crippen molar-refractivity contribution in [3.8, 4) is 17.2 Å². The van der Waals surface area contributed by atoms with Crippen LogP contribution < -0.4 is 0 Å². The van der Waals surface area contributed by atoms with Gasteiger partial charge in [0, 0.05) is 11.1 Å². The van der Waals surface area contributed by atoms with Gasteiger partial charge in [-0.25, -0.2) is 0 Å². The van der Waals surface area contributed by atoms with Gasteiger partial charge in [0.15, 0.2) is 6.29 Å². The largest absolute Gasteiger partial charge is 0.416 e. The summed E-state index contributed by atoms with van der Waals surface area (Å²) in [7, 11) is 0. The zero-order chi connectivity index (χ0) is 14.8. The lowest BCUT2D eigenvalue weighted by Crippen LogP contribution is -2.05. The van der Waals surface area contributed by atoms with E-state index in [1.165, 1.54) is 12.1 Å². The smallest absolute Gasteiger partial charge is 0.298 e. The number of rotatable bonds is 2. The minimum atomic E-state index is -4.50. The number of nitrogens with zero attached hydrogens (tertiary/aromatic N) is 1. The summed E-state index contributed by atoms with van der Waals surface area (Å²) < 4.78 is 38.2. The fourth-order valence-corrected chi connectivity index (χ4v) is 1.89. The maximum absolute atomic E-state index is 12.7. The third kappa shape index (κ3) is 2.54. The lowest BCUT2D eigenvalue weighted by atomic mass is 9.94. The maximum atomic E-state index is 12.7. The van der Waals surface area contributed by atoms with Gasteiger partial charge in [-0.05, 0) is 23.8 Å². The van der Waals surface area contributed by atoms with Crippen molar-refractivity contribution in [3.05, 3.63) is 59.2 Å². The van der Waals surface area contributed by atoms with E-state index in [1.54, 1.807) is 12.1 Å². The van der Waals surface area contributed by atoms with Gasteiger partial charge in [-0.3, -0.25) is 4.79 Å². The molecule has 0 saturated heterocycles. The lowest BCUT2D eigenvalue weighted by molar-refractivity contribution is -0.137. The predicted octanol–water partition coefficient (Wildman–Crippen LogP) is 4.06. The van der Waals surface area contributed by atoms with Crippen molar-refractivity contribution < 1.29 is 18.0 Å². The minimum absolute atomic E-state index is 0.0901. The molecule has 0 atom stereocenters. The Bertz CT molecular complexity index is 699. The summed E-state index contributed by atoms with van der Waals surface area (Å²) >= 11 is 0. The fourth-order valence-electron chi connectivity index (χ4n) is 1.89. The van der Waals surface area contributed by atoms with E-state index in [2.05, 4.69) is 0 Å². The Hall–Kier alpha value is -2.61. The van der Waals surface area contributed by atoms with Crippen molar-refractivity contribution >= 4 is 6.29 Å². The minimum Gasteiger partial charge on any atom is -0.298 e. The average molecular weight is 275 g/mol. The van der Waals surface area contributed by atoms with Crippen molar-refractivity contribution in [2.24, 2.45) is 0 Å². The molecular weight excluding hydrogens is 267 g/mol. The number of aldehydes is 1. The highest BCUT2D eigenvalue weighted by atomic mass is 19.4. The Kier molecular flexibility index (Phi) is 3.57. The molecular formula is C15H8F3NO. The third-order valence-electron chi connectivity index (χ3n) is 2.85. The van der Waals surface area contributed by atoms with E-state index < -0.39 is 11.7 Å². The second-order valence-electron chi connectivity index (χ2n) is 4.08.